The first-order chi connectivity index (χ1) is 5.79. The Kier molecular flexibility index (Phi) is 2.78. The van der Waals surface area contributed by atoms with Gasteiger partial charge >= 0.3 is 0 Å². The summed E-state index contributed by atoms with van der Waals surface area (Å²) in [5, 5.41) is 8.60. The van der Waals surface area contributed by atoms with Crippen molar-refractivity contribution in [3.8, 4) is 6.07 Å². The van der Waals surface area contributed by atoms with Crippen molar-refractivity contribution in [1.82, 2.24) is 0 Å². The van der Waals surface area contributed by atoms with Gasteiger partial charge in [0.1, 0.15) is 5.82 Å². The summed E-state index contributed by atoms with van der Waals surface area (Å²) in [6, 6.07) is 6.29. The molecule has 0 aliphatic rings. The Morgan fingerprint density at radius 1 is 1.58 bits per heavy atom. The Hall–Kier alpha value is -1.40. The fourth-order valence-electron chi connectivity index (χ4n) is 0.954. The maximum Gasteiger partial charge on any atom is 0.130 e. The van der Waals surface area contributed by atoms with Gasteiger partial charge in [0.2, 0.25) is 0 Å². The van der Waals surface area contributed by atoms with Crippen molar-refractivity contribution in [2.75, 3.05) is 7.11 Å². The molecule has 0 amide bonds. The summed E-state index contributed by atoms with van der Waals surface area (Å²) in [6.45, 7) is 0.134. The highest BCUT2D eigenvalue weighted by Gasteiger charge is 2.06. The van der Waals surface area contributed by atoms with Gasteiger partial charge in [-0.15, -0.1) is 0 Å². The lowest BCUT2D eigenvalue weighted by Crippen LogP contribution is -1.96. The smallest absolute Gasteiger partial charge is 0.130 e. The van der Waals surface area contributed by atoms with E-state index in [2.05, 4.69) is 0 Å². The van der Waals surface area contributed by atoms with Crippen LogP contribution in [0, 0.1) is 17.1 Å². The van der Waals surface area contributed by atoms with Crippen molar-refractivity contribution >= 4 is 0 Å². The molecule has 1 aromatic rings. The second-order valence-electron chi connectivity index (χ2n) is 2.31. The molecule has 0 spiro atoms. The molecule has 0 aliphatic carbocycles. The molecule has 12 heavy (non-hydrogen) atoms. The average molecular weight is 165 g/mol. The molecule has 0 atom stereocenters. The van der Waals surface area contributed by atoms with Crippen LogP contribution in [0.1, 0.15) is 11.1 Å². The first-order valence-electron chi connectivity index (χ1n) is 3.46. The first-order valence-corrected chi connectivity index (χ1v) is 3.46. The third kappa shape index (κ3) is 1.60. The highest BCUT2D eigenvalue weighted by molar-refractivity contribution is 5.37. The van der Waals surface area contributed by atoms with E-state index in [1.165, 1.54) is 19.2 Å². The molecule has 0 unspecified atom stereocenters. The van der Waals surface area contributed by atoms with Gasteiger partial charge in [0.15, 0.2) is 0 Å². The van der Waals surface area contributed by atoms with Gasteiger partial charge in [-0.25, -0.2) is 4.39 Å². The lowest BCUT2D eigenvalue weighted by Gasteiger charge is -2.02. The summed E-state index contributed by atoms with van der Waals surface area (Å²) >= 11 is 0. The average Bonchev–Trinajstić information content (AvgIpc) is 2.09. The first kappa shape index (κ1) is 8.69. The zero-order chi connectivity index (χ0) is 8.97. The summed E-state index contributed by atoms with van der Waals surface area (Å²) in [6.07, 6.45) is 0. The van der Waals surface area contributed by atoms with Gasteiger partial charge < -0.3 is 4.74 Å². The van der Waals surface area contributed by atoms with E-state index in [-0.39, 0.29) is 6.61 Å². The monoisotopic (exact) mass is 165 g/mol. The summed E-state index contributed by atoms with van der Waals surface area (Å²) in [5.41, 5.74) is 0.652. The molecular weight excluding hydrogens is 157 g/mol. The minimum absolute atomic E-state index is 0.134. The third-order valence-corrected chi connectivity index (χ3v) is 1.53. The molecule has 0 saturated carbocycles. The molecule has 0 aromatic heterocycles. The highest BCUT2D eigenvalue weighted by Crippen LogP contribution is 2.13. The second kappa shape index (κ2) is 3.84. The van der Waals surface area contributed by atoms with Crippen LogP contribution in [0.15, 0.2) is 18.2 Å². The van der Waals surface area contributed by atoms with Gasteiger partial charge in [0, 0.05) is 12.7 Å². The van der Waals surface area contributed by atoms with Crippen LogP contribution < -0.4 is 0 Å². The molecule has 0 N–H and O–H groups in total. The fourth-order valence-corrected chi connectivity index (χ4v) is 0.954. The summed E-state index contributed by atoms with van der Waals surface area (Å²) in [5.74, 6) is -0.393. The van der Waals surface area contributed by atoms with Crippen LogP contribution in [0.3, 0.4) is 0 Å². The molecule has 1 aromatic carbocycles. The highest BCUT2D eigenvalue weighted by atomic mass is 19.1. The van der Waals surface area contributed by atoms with Gasteiger partial charge in [-0.2, -0.15) is 5.26 Å². The molecular formula is C9H8FNO. The zero-order valence-corrected chi connectivity index (χ0v) is 6.67. The molecule has 0 bridgehead atoms. The summed E-state index contributed by atoms with van der Waals surface area (Å²) in [7, 11) is 1.47. The Balaban J connectivity index is 3.13. The van der Waals surface area contributed by atoms with Crippen LogP contribution in [0.2, 0.25) is 0 Å². The van der Waals surface area contributed by atoms with E-state index >= 15 is 0 Å². The lowest BCUT2D eigenvalue weighted by molar-refractivity contribution is 0.181. The van der Waals surface area contributed by atoms with Crippen molar-refractivity contribution in [3.05, 3.63) is 35.1 Å². The van der Waals surface area contributed by atoms with E-state index in [1.54, 1.807) is 6.07 Å². The molecule has 0 saturated heterocycles. The van der Waals surface area contributed by atoms with E-state index < -0.39 is 5.82 Å². The molecule has 0 fully saturated rings. The number of hydrogen-bond acceptors (Lipinski definition) is 2. The van der Waals surface area contributed by atoms with Crippen molar-refractivity contribution in [3.63, 3.8) is 0 Å². The summed E-state index contributed by atoms with van der Waals surface area (Å²) < 4.78 is 17.8. The molecule has 1 rings (SSSR count). The predicted molar refractivity (Wildman–Crippen MR) is 41.8 cm³/mol. The third-order valence-electron chi connectivity index (χ3n) is 1.53. The molecule has 3 heteroatoms. The molecule has 0 aliphatic heterocycles. The maximum absolute atomic E-state index is 13.0. The van der Waals surface area contributed by atoms with Crippen LogP contribution in [0.4, 0.5) is 4.39 Å². The molecule has 2 nitrogen and oxygen atoms in total. The fraction of sp³-hybridized carbons (Fsp3) is 0.222. The molecule has 0 radical (unpaired) electrons. The zero-order valence-electron chi connectivity index (χ0n) is 6.67. The second-order valence-corrected chi connectivity index (χ2v) is 2.31. The van der Waals surface area contributed by atoms with Gasteiger partial charge in [-0.1, -0.05) is 6.07 Å². The number of ether oxygens (including phenoxy) is 1. The molecule has 62 valence electrons. The Labute approximate surface area is 70.2 Å². The van der Waals surface area contributed by atoms with E-state index in [0.29, 0.717) is 11.1 Å². The number of benzene rings is 1. The van der Waals surface area contributed by atoms with Crippen LogP contribution >= 0.6 is 0 Å². The van der Waals surface area contributed by atoms with Crippen LogP contribution in [0.25, 0.3) is 0 Å². The number of nitriles is 1. The number of methoxy groups -OCH3 is 1. The van der Waals surface area contributed by atoms with E-state index in [9.17, 15) is 4.39 Å². The number of rotatable bonds is 2. The van der Waals surface area contributed by atoms with Crippen LogP contribution in [-0.2, 0) is 11.3 Å². The van der Waals surface area contributed by atoms with Gasteiger partial charge in [0.05, 0.1) is 18.2 Å². The van der Waals surface area contributed by atoms with Crippen LogP contribution in [-0.4, -0.2) is 7.11 Å². The van der Waals surface area contributed by atoms with Crippen LogP contribution in [0.5, 0.6) is 0 Å². The van der Waals surface area contributed by atoms with E-state index in [1.807, 2.05) is 6.07 Å². The standard InChI is InChI=1S/C9H8FNO/c1-12-6-8-7(5-11)3-2-4-9(8)10/h2-4H,6H2,1H3. The minimum Gasteiger partial charge on any atom is -0.380 e. The van der Waals surface area contributed by atoms with Crippen molar-refractivity contribution in [1.29, 1.82) is 5.26 Å². The Morgan fingerprint density at radius 2 is 2.33 bits per heavy atom. The van der Waals surface area contributed by atoms with Crippen molar-refractivity contribution < 1.29 is 9.13 Å². The predicted octanol–water partition coefficient (Wildman–Crippen LogP) is 1.84. The molecule has 0 heterocycles. The van der Waals surface area contributed by atoms with Gasteiger partial charge in [0.25, 0.3) is 0 Å². The Morgan fingerprint density at radius 3 is 2.92 bits per heavy atom. The van der Waals surface area contributed by atoms with Crippen molar-refractivity contribution in [2.24, 2.45) is 0 Å². The number of hydrogen-bond donors (Lipinski definition) is 0. The minimum atomic E-state index is -0.393. The maximum atomic E-state index is 13.0. The van der Waals surface area contributed by atoms with E-state index in [0.717, 1.165) is 0 Å². The number of halogens is 1. The summed E-state index contributed by atoms with van der Waals surface area (Å²) in [4.78, 5) is 0. The Bertz CT molecular complexity index is 317. The van der Waals surface area contributed by atoms with E-state index in [4.69, 9.17) is 10.00 Å². The topological polar surface area (TPSA) is 33.0 Å². The SMILES string of the molecule is COCc1c(F)cccc1C#N. The largest absolute Gasteiger partial charge is 0.380 e. The van der Waals surface area contributed by atoms with Gasteiger partial charge in [-0.05, 0) is 12.1 Å². The van der Waals surface area contributed by atoms with Gasteiger partial charge in [-0.3, -0.25) is 0 Å². The number of nitrogens with zero attached hydrogens (tertiary/aromatic N) is 1. The quantitative estimate of drug-likeness (QED) is 0.669. The normalized spacial score (nSPS) is 9.42. The lowest BCUT2D eigenvalue weighted by atomic mass is 10.1. The van der Waals surface area contributed by atoms with Crippen molar-refractivity contribution in [2.45, 2.75) is 6.61 Å².